The minimum atomic E-state index is -0.136. The predicted molar refractivity (Wildman–Crippen MR) is 83.3 cm³/mol. The largest absolute Gasteiger partial charge is 0.378 e. The first-order chi connectivity index (χ1) is 9.67. The van der Waals surface area contributed by atoms with E-state index in [2.05, 4.69) is 35.1 Å². The average Bonchev–Trinajstić information content (AvgIpc) is 2.91. The lowest BCUT2D eigenvalue weighted by Crippen LogP contribution is -2.34. The summed E-state index contributed by atoms with van der Waals surface area (Å²) in [5.41, 5.74) is 0.752. The van der Waals surface area contributed by atoms with Crippen molar-refractivity contribution < 1.29 is 9.13 Å². The van der Waals surface area contributed by atoms with Gasteiger partial charge in [0.15, 0.2) is 0 Å². The summed E-state index contributed by atoms with van der Waals surface area (Å²) in [6.07, 6.45) is 3.23. The van der Waals surface area contributed by atoms with Crippen LogP contribution in [-0.4, -0.2) is 19.3 Å². The molecule has 1 heterocycles. The highest BCUT2D eigenvalue weighted by molar-refractivity contribution is 9.10. The first kappa shape index (κ1) is 15.9. The molecule has 1 saturated heterocycles. The molecule has 1 aliphatic rings. The Hall–Kier alpha value is -0.450. The average molecular weight is 344 g/mol. The highest BCUT2D eigenvalue weighted by Crippen LogP contribution is 2.36. The summed E-state index contributed by atoms with van der Waals surface area (Å²) in [7, 11) is 0. The molecule has 0 saturated carbocycles. The molecule has 0 aromatic heterocycles. The number of halogens is 2. The molecule has 1 N–H and O–H groups in total. The second-order valence-electron chi connectivity index (χ2n) is 5.37. The molecule has 3 unspecified atom stereocenters. The van der Waals surface area contributed by atoms with Crippen LogP contribution in [0, 0.1) is 11.7 Å². The molecule has 1 fully saturated rings. The Balaban J connectivity index is 2.28. The van der Waals surface area contributed by atoms with E-state index in [1.165, 1.54) is 6.07 Å². The van der Waals surface area contributed by atoms with Crippen LogP contribution >= 0.6 is 15.9 Å². The van der Waals surface area contributed by atoms with E-state index in [0.717, 1.165) is 42.5 Å². The van der Waals surface area contributed by atoms with Crippen LogP contribution in [0.1, 0.15) is 44.7 Å². The van der Waals surface area contributed by atoms with Gasteiger partial charge in [-0.1, -0.05) is 29.8 Å². The zero-order chi connectivity index (χ0) is 14.5. The second-order valence-corrected chi connectivity index (χ2v) is 6.28. The number of ether oxygens (including phenoxy) is 1. The molecule has 2 nitrogen and oxygen atoms in total. The van der Waals surface area contributed by atoms with Gasteiger partial charge >= 0.3 is 0 Å². The van der Waals surface area contributed by atoms with Gasteiger partial charge in [0, 0.05) is 28.6 Å². The van der Waals surface area contributed by atoms with Crippen molar-refractivity contribution in [1.82, 2.24) is 5.32 Å². The van der Waals surface area contributed by atoms with E-state index >= 15 is 0 Å². The van der Waals surface area contributed by atoms with Crippen LogP contribution in [0.25, 0.3) is 0 Å². The maximum Gasteiger partial charge on any atom is 0.128 e. The van der Waals surface area contributed by atoms with E-state index in [9.17, 15) is 4.39 Å². The monoisotopic (exact) mass is 343 g/mol. The van der Waals surface area contributed by atoms with Gasteiger partial charge in [-0.2, -0.15) is 0 Å². The van der Waals surface area contributed by atoms with E-state index < -0.39 is 0 Å². The molecular formula is C16H23BrFNO. The quantitative estimate of drug-likeness (QED) is 0.824. The number of rotatable bonds is 6. The van der Waals surface area contributed by atoms with Gasteiger partial charge in [-0.25, -0.2) is 4.39 Å². The molecular weight excluding hydrogens is 321 g/mol. The Morgan fingerprint density at radius 1 is 1.45 bits per heavy atom. The molecule has 4 heteroatoms. The molecule has 0 spiro atoms. The zero-order valence-electron chi connectivity index (χ0n) is 12.2. The van der Waals surface area contributed by atoms with Gasteiger partial charge < -0.3 is 10.1 Å². The van der Waals surface area contributed by atoms with Crippen LogP contribution in [0.5, 0.6) is 0 Å². The molecule has 2 rings (SSSR count). The van der Waals surface area contributed by atoms with Crippen molar-refractivity contribution in [2.24, 2.45) is 5.92 Å². The van der Waals surface area contributed by atoms with Gasteiger partial charge in [-0.3, -0.25) is 0 Å². The number of hydrogen-bond acceptors (Lipinski definition) is 2. The van der Waals surface area contributed by atoms with Gasteiger partial charge in [0.05, 0.1) is 6.10 Å². The summed E-state index contributed by atoms with van der Waals surface area (Å²) in [5.74, 6) is 0.207. The smallest absolute Gasteiger partial charge is 0.128 e. The number of hydrogen-bond donors (Lipinski definition) is 1. The Bertz CT molecular complexity index is 440. The molecule has 1 aromatic carbocycles. The highest BCUT2D eigenvalue weighted by Gasteiger charge is 2.35. The molecule has 0 bridgehead atoms. The van der Waals surface area contributed by atoms with E-state index in [1.54, 1.807) is 6.07 Å². The van der Waals surface area contributed by atoms with Crippen LogP contribution < -0.4 is 5.32 Å². The van der Waals surface area contributed by atoms with Crippen molar-refractivity contribution in [3.63, 3.8) is 0 Å². The SMILES string of the molecule is CCCNC(c1cc(Br)ccc1F)C1CCOC1CC. The Morgan fingerprint density at radius 2 is 2.25 bits per heavy atom. The highest BCUT2D eigenvalue weighted by atomic mass is 79.9. The Labute approximate surface area is 129 Å². The summed E-state index contributed by atoms with van der Waals surface area (Å²) in [6.45, 7) is 5.94. The number of benzene rings is 1. The van der Waals surface area contributed by atoms with E-state index in [4.69, 9.17) is 4.74 Å². The van der Waals surface area contributed by atoms with E-state index in [-0.39, 0.29) is 18.0 Å². The fourth-order valence-corrected chi connectivity index (χ4v) is 3.39. The molecule has 0 amide bonds. The first-order valence-electron chi connectivity index (χ1n) is 7.47. The van der Waals surface area contributed by atoms with Gasteiger partial charge in [0.2, 0.25) is 0 Å². The predicted octanol–water partition coefficient (Wildman–Crippen LogP) is 4.44. The minimum Gasteiger partial charge on any atom is -0.378 e. The van der Waals surface area contributed by atoms with Crippen LogP contribution in [-0.2, 0) is 4.74 Å². The topological polar surface area (TPSA) is 21.3 Å². The third kappa shape index (κ3) is 3.60. The van der Waals surface area contributed by atoms with Crippen molar-refractivity contribution in [3.05, 3.63) is 34.1 Å². The molecule has 1 aliphatic heterocycles. The zero-order valence-corrected chi connectivity index (χ0v) is 13.7. The van der Waals surface area contributed by atoms with Gasteiger partial charge in [-0.05, 0) is 44.0 Å². The lowest BCUT2D eigenvalue weighted by atomic mass is 9.86. The minimum absolute atomic E-state index is 0.0277. The summed E-state index contributed by atoms with van der Waals surface area (Å²) in [6, 6.07) is 5.21. The fourth-order valence-electron chi connectivity index (χ4n) is 3.01. The van der Waals surface area contributed by atoms with Gasteiger partial charge in [-0.15, -0.1) is 0 Å². The standard InChI is InChI=1S/C16H23BrFNO/c1-3-8-19-16(12-7-9-20-15(12)4-2)13-10-11(17)5-6-14(13)18/h5-6,10,12,15-16,19H,3-4,7-9H2,1-2H3. The number of nitrogens with one attached hydrogen (secondary N) is 1. The van der Waals surface area contributed by atoms with Gasteiger partial charge in [0.25, 0.3) is 0 Å². The molecule has 0 aliphatic carbocycles. The Morgan fingerprint density at radius 3 is 2.95 bits per heavy atom. The van der Waals surface area contributed by atoms with E-state index in [0.29, 0.717) is 5.92 Å². The van der Waals surface area contributed by atoms with Crippen LogP contribution in [0.15, 0.2) is 22.7 Å². The summed E-state index contributed by atoms with van der Waals surface area (Å²) in [4.78, 5) is 0. The van der Waals surface area contributed by atoms with Crippen LogP contribution in [0.3, 0.4) is 0 Å². The van der Waals surface area contributed by atoms with Crippen LogP contribution in [0.2, 0.25) is 0 Å². The maximum atomic E-state index is 14.2. The first-order valence-corrected chi connectivity index (χ1v) is 8.26. The van der Waals surface area contributed by atoms with Crippen LogP contribution in [0.4, 0.5) is 4.39 Å². The molecule has 0 radical (unpaired) electrons. The van der Waals surface area contributed by atoms with Crippen molar-refractivity contribution in [3.8, 4) is 0 Å². The van der Waals surface area contributed by atoms with Crippen molar-refractivity contribution in [2.75, 3.05) is 13.2 Å². The Kier molecular flexibility index (Phi) is 6.00. The maximum absolute atomic E-state index is 14.2. The second kappa shape index (κ2) is 7.53. The third-order valence-electron chi connectivity index (χ3n) is 4.00. The third-order valence-corrected chi connectivity index (χ3v) is 4.49. The lowest BCUT2D eigenvalue weighted by Gasteiger charge is -2.29. The molecule has 1 aromatic rings. The van der Waals surface area contributed by atoms with E-state index in [1.807, 2.05) is 6.07 Å². The fraction of sp³-hybridized carbons (Fsp3) is 0.625. The summed E-state index contributed by atoms with van der Waals surface area (Å²) >= 11 is 3.45. The van der Waals surface area contributed by atoms with Crippen molar-refractivity contribution in [2.45, 2.75) is 45.3 Å². The van der Waals surface area contributed by atoms with Gasteiger partial charge in [0.1, 0.15) is 5.82 Å². The summed E-state index contributed by atoms with van der Waals surface area (Å²) in [5, 5.41) is 3.52. The molecule has 20 heavy (non-hydrogen) atoms. The normalized spacial score (nSPS) is 24.0. The molecule has 112 valence electrons. The molecule has 3 atom stereocenters. The van der Waals surface area contributed by atoms with Crippen molar-refractivity contribution >= 4 is 15.9 Å². The summed E-state index contributed by atoms with van der Waals surface area (Å²) < 4.78 is 20.9. The lowest BCUT2D eigenvalue weighted by molar-refractivity contribution is 0.0770. The van der Waals surface area contributed by atoms with Crippen molar-refractivity contribution in [1.29, 1.82) is 0 Å².